The summed E-state index contributed by atoms with van der Waals surface area (Å²) in [5.41, 5.74) is 1.01. The van der Waals surface area contributed by atoms with Crippen LogP contribution in [0.15, 0.2) is 30.5 Å². The quantitative estimate of drug-likeness (QED) is 0.937. The average molecular weight is 313 g/mol. The van der Waals surface area contributed by atoms with E-state index in [4.69, 9.17) is 0 Å². The molecule has 1 saturated carbocycles. The second-order valence-corrected chi connectivity index (χ2v) is 7.36. The summed E-state index contributed by atoms with van der Waals surface area (Å²) < 4.78 is 1.79. The lowest BCUT2D eigenvalue weighted by molar-refractivity contribution is -0.123. The summed E-state index contributed by atoms with van der Waals surface area (Å²) in [6.07, 6.45) is 5.41. The number of carbonyl (C=O) groups is 1. The minimum absolute atomic E-state index is 0.0728. The van der Waals surface area contributed by atoms with Gasteiger partial charge in [0.25, 0.3) is 0 Å². The smallest absolute Gasteiger partial charge is 0.241 e. The standard InChI is InChI=1S/C19H27N3O/c1-13(2)16-9-8-14(3)10-17(16)21-19(23)12-22-18-7-5-4-6-15(18)11-20-22/h4-7,11,13-14,16-17H,8-10,12H2,1-3H3,(H,21,23). The Morgan fingerprint density at radius 3 is 2.91 bits per heavy atom. The number of hydrogen-bond acceptors (Lipinski definition) is 2. The molecule has 124 valence electrons. The van der Waals surface area contributed by atoms with E-state index in [2.05, 4.69) is 31.2 Å². The molecule has 2 aromatic rings. The number of benzene rings is 1. The van der Waals surface area contributed by atoms with Crippen LogP contribution in [0, 0.1) is 17.8 Å². The van der Waals surface area contributed by atoms with Crippen LogP contribution < -0.4 is 5.32 Å². The van der Waals surface area contributed by atoms with Crippen LogP contribution in [0.5, 0.6) is 0 Å². The van der Waals surface area contributed by atoms with Gasteiger partial charge in [-0.05, 0) is 36.7 Å². The van der Waals surface area contributed by atoms with Gasteiger partial charge >= 0.3 is 0 Å². The van der Waals surface area contributed by atoms with Gasteiger partial charge in [-0.2, -0.15) is 5.10 Å². The highest BCUT2D eigenvalue weighted by molar-refractivity contribution is 5.82. The Morgan fingerprint density at radius 1 is 1.35 bits per heavy atom. The molecule has 1 aromatic heterocycles. The molecule has 1 aliphatic carbocycles. The number of rotatable bonds is 4. The zero-order chi connectivity index (χ0) is 16.4. The van der Waals surface area contributed by atoms with Crippen molar-refractivity contribution in [2.45, 2.75) is 52.6 Å². The third-order valence-electron chi connectivity index (χ3n) is 5.21. The number of aromatic nitrogens is 2. The lowest BCUT2D eigenvalue weighted by Crippen LogP contribution is -2.46. The Balaban J connectivity index is 1.68. The summed E-state index contributed by atoms with van der Waals surface area (Å²) in [4.78, 5) is 12.5. The lowest BCUT2D eigenvalue weighted by atomic mass is 9.74. The monoisotopic (exact) mass is 313 g/mol. The van der Waals surface area contributed by atoms with E-state index in [9.17, 15) is 4.79 Å². The van der Waals surface area contributed by atoms with Crippen molar-refractivity contribution in [2.75, 3.05) is 0 Å². The Morgan fingerprint density at radius 2 is 2.13 bits per heavy atom. The maximum absolute atomic E-state index is 12.5. The fourth-order valence-electron chi connectivity index (χ4n) is 3.91. The maximum atomic E-state index is 12.5. The second kappa shape index (κ2) is 6.73. The highest BCUT2D eigenvalue weighted by Gasteiger charge is 2.31. The van der Waals surface area contributed by atoms with Crippen molar-refractivity contribution < 1.29 is 4.79 Å². The normalized spacial score (nSPS) is 25.0. The summed E-state index contributed by atoms with van der Waals surface area (Å²) in [5.74, 6) is 1.97. The first-order chi connectivity index (χ1) is 11.0. The summed E-state index contributed by atoms with van der Waals surface area (Å²) >= 11 is 0. The molecule has 1 aliphatic rings. The molecule has 3 unspecified atom stereocenters. The molecule has 4 nitrogen and oxygen atoms in total. The van der Waals surface area contributed by atoms with Crippen LogP contribution in [-0.2, 0) is 11.3 Å². The zero-order valence-corrected chi connectivity index (χ0v) is 14.3. The highest BCUT2D eigenvalue weighted by atomic mass is 16.2. The van der Waals surface area contributed by atoms with Crippen molar-refractivity contribution in [3.8, 4) is 0 Å². The molecule has 1 aromatic carbocycles. The molecular weight excluding hydrogens is 286 g/mol. The van der Waals surface area contributed by atoms with E-state index in [1.807, 2.05) is 30.5 Å². The van der Waals surface area contributed by atoms with Gasteiger partial charge in [-0.1, -0.05) is 45.4 Å². The van der Waals surface area contributed by atoms with Crippen molar-refractivity contribution in [2.24, 2.45) is 17.8 Å². The SMILES string of the molecule is CC1CCC(C(C)C)C(NC(=O)Cn2ncc3ccccc32)C1. The van der Waals surface area contributed by atoms with Crippen molar-refractivity contribution >= 4 is 16.8 Å². The van der Waals surface area contributed by atoms with Gasteiger partial charge in [0.15, 0.2) is 0 Å². The maximum Gasteiger partial charge on any atom is 0.241 e. The van der Waals surface area contributed by atoms with Crippen LogP contribution in [0.3, 0.4) is 0 Å². The second-order valence-electron chi connectivity index (χ2n) is 7.36. The van der Waals surface area contributed by atoms with Gasteiger partial charge in [-0.3, -0.25) is 9.48 Å². The first-order valence-corrected chi connectivity index (χ1v) is 8.74. The van der Waals surface area contributed by atoms with E-state index < -0.39 is 0 Å². The van der Waals surface area contributed by atoms with Crippen LogP contribution in [0.4, 0.5) is 0 Å². The van der Waals surface area contributed by atoms with Gasteiger partial charge in [0.2, 0.25) is 5.91 Å². The van der Waals surface area contributed by atoms with E-state index >= 15 is 0 Å². The van der Waals surface area contributed by atoms with Gasteiger partial charge in [0.1, 0.15) is 6.54 Å². The zero-order valence-electron chi connectivity index (χ0n) is 14.3. The van der Waals surface area contributed by atoms with E-state index in [1.165, 1.54) is 12.8 Å². The summed E-state index contributed by atoms with van der Waals surface area (Å²) in [5, 5.41) is 8.71. The third-order valence-corrected chi connectivity index (χ3v) is 5.21. The predicted molar refractivity (Wildman–Crippen MR) is 93.0 cm³/mol. The van der Waals surface area contributed by atoms with E-state index in [0.29, 0.717) is 30.3 Å². The largest absolute Gasteiger partial charge is 0.351 e. The molecule has 1 fully saturated rings. The van der Waals surface area contributed by atoms with Crippen LogP contribution in [0.1, 0.15) is 40.0 Å². The summed E-state index contributed by atoms with van der Waals surface area (Å²) in [6, 6.07) is 8.30. The van der Waals surface area contributed by atoms with Gasteiger partial charge in [0.05, 0.1) is 11.7 Å². The Labute approximate surface area is 138 Å². The number of para-hydroxylation sites is 1. The molecule has 0 aliphatic heterocycles. The van der Waals surface area contributed by atoms with E-state index in [1.54, 1.807) is 4.68 Å². The fraction of sp³-hybridized carbons (Fsp3) is 0.579. The van der Waals surface area contributed by atoms with Gasteiger partial charge in [0, 0.05) is 11.4 Å². The molecule has 0 bridgehead atoms. The van der Waals surface area contributed by atoms with Gasteiger partial charge in [-0.15, -0.1) is 0 Å². The fourth-order valence-corrected chi connectivity index (χ4v) is 3.91. The number of carbonyl (C=O) groups excluding carboxylic acids is 1. The van der Waals surface area contributed by atoms with Crippen molar-refractivity contribution in [1.29, 1.82) is 0 Å². The summed E-state index contributed by atoms with van der Waals surface area (Å²) in [6.45, 7) is 7.11. The van der Waals surface area contributed by atoms with Crippen molar-refractivity contribution in [3.05, 3.63) is 30.5 Å². The van der Waals surface area contributed by atoms with Gasteiger partial charge < -0.3 is 5.32 Å². The first-order valence-electron chi connectivity index (χ1n) is 8.74. The minimum Gasteiger partial charge on any atom is -0.351 e. The Hall–Kier alpha value is -1.84. The lowest BCUT2D eigenvalue weighted by Gasteiger charge is -2.37. The molecule has 1 amide bonds. The number of nitrogens with one attached hydrogen (secondary N) is 1. The number of nitrogens with zero attached hydrogens (tertiary/aromatic N) is 2. The number of fused-ring (bicyclic) bond motifs is 1. The summed E-state index contributed by atoms with van der Waals surface area (Å²) in [7, 11) is 0. The molecule has 4 heteroatoms. The Bertz CT molecular complexity index is 676. The number of amides is 1. The molecule has 1 heterocycles. The molecular formula is C19H27N3O. The molecule has 0 radical (unpaired) electrons. The van der Waals surface area contributed by atoms with E-state index in [-0.39, 0.29) is 5.91 Å². The van der Waals surface area contributed by atoms with Crippen LogP contribution >= 0.6 is 0 Å². The molecule has 0 saturated heterocycles. The first kappa shape index (κ1) is 16.0. The van der Waals surface area contributed by atoms with Gasteiger partial charge in [-0.25, -0.2) is 0 Å². The van der Waals surface area contributed by atoms with Crippen LogP contribution in [0.2, 0.25) is 0 Å². The molecule has 3 atom stereocenters. The molecule has 0 spiro atoms. The number of hydrogen-bond donors (Lipinski definition) is 1. The third kappa shape index (κ3) is 3.57. The van der Waals surface area contributed by atoms with Crippen molar-refractivity contribution in [1.82, 2.24) is 15.1 Å². The molecule has 23 heavy (non-hydrogen) atoms. The Kier molecular flexibility index (Phi) is 4.69. The highest BCUT2D eigenvalue weighted by Crippen LogP contribution is 2.33. The van der Waals surface area contributed by atoms with Crippen molar-refractivity contribution in [3.63, 3.8) is 0 Å². The molecule has 1 N–H and O–H groups in total. The minimum atomic E-state index is 0.0728. The van der Waals surface area contributed by atoms with Crippen LogP contribution in [-0.4, -0.2) is 21.7 Å². The van der Waals surface area contributed by atoms with Crippen LogP contribution in [0.25, 0.3) is 10.9 Å². The predicted octanol–water partition coefficient (Wildman–Crippen LogP) is 3.61. The molecule has 3 rings (SSSR count). The topological polar surface area (TPSA) is 46.9 Å². The van der Waals surface area contributed by atoms with E-state index in [0.717, 1.165) is 17.3 Å². The average Bonchev–Trinajstić information content (AvgIpc) is 2.90.